The summed E-state index contributed by atoms with van der Waals surface area (Å²) in [7, 11) is 3.22. The first kappa shape index (κ1) is 24.6. The van der Waals surface area contributed by atoms with E-state index in [1.165, 1.54) is 50.0 Å². The number of fused-ring (bicyclic) bond motifs is 1. The Morgan fingerprint density at radius 2 is 1.73 bits per heavy atom. The van der Waals surface area contributed by atoms with Crippen molar-refractivity contribution >= 4 is 5.91 Å². The Balaban J connectivity index is 1.12. The average Bonchev–Trinajstić information content (AvgIpc) is 3.44. The standard InChI is InChI=1S/C27H42N2O4/c1-31-27(32-2)20-29(25-9-10-25)26(30)13-16-33-15-12-22-6-3-5-21(17-22)11-14-28-18-23-7-4-8-24(23)19-28/h3,5-6,17,23-25,27H,4,7-16,18-20H2,1-2H3/t23-,24?/m1/s1. The normalized spacial score (nSPS) is 22.8. The van der Waals surface area contributed by atoms with E-state index in [1.54, 1.807) is 14.2 Å². The molecule has 2 aliphatic carbocycles. The van der Waals surface area contributed by atoms with Gasteiger partial charge in [0.25, 0.3) is 0 Å². The van der Waals surface area contributed by atoms with E-state index in [1.807, 2.05) is 4.90 Å². The molecule has 1 aliphatic heterocycles. The van der Waals surface area contributed by atoms with E-state index in [4.69, 9.17) is 14.2 Å². The maximum absolute atomic E-state index is 12.6. The Bertz CT molecular complexity index is 737. The largest absolute Gasteiger partial charge is 0.381 e. The van der Waals surface area contributed by atoms with Crippen molar-refractivity contribution in [3.05, 3.63) is 35.4 Å². The van der Waals surface area contributed by atoms with Crippen molar-refractivity contribution in [1.29, 1.82) is 0 Å². The van der Waals surface area contributed by atoms with Crippen LogP contribution < -0.4 is 0 Å². The second-order valence-corrected chi connectivity index (χ2v) is 10.1. The molecule has 0 N–H and O–H groups in total. The number of nitrogens with zero attached hydrogens (tertiary/aromatic N) is 2. The third-order valence-corrected chi connectivity index (χ3v) is 7.68. The minimum absolute atomic E-state index is 0.129. The van der Waals surface area contributed by atoms with Crippen molar-refractivity contribution in [3.63, 3.8) is 0 Å². The molecule has 0 radical (unpaired) electrons. The van der Waals surface area contributed by atoms with Gasteiger partial charge in [0.05, 0.1) is 26.2 Å². The topological polar surface area (TPSA) is 51.2 Å². The van der Waals surface area contributed by atoms with Crippen molar-refractivity contribution in [3.8, 4) is 0 Å². The smallest absolute Gasteiger partial charge is 0.225 e. The van der Waals surface area contributed by atoms with Crippen LogP contribution >= 0.6 is 0 Å². The van der Waals surface area contributed by atoms with Crippen LogP contribution in [0.25, 0.3) is 0 Å². The first-order valence-corrected chi connectivity index (χ1v) is 12.9. The summed E-state index contributed by atoms with van der Waals surface area (Å²) in [6.07, 6.45) is 8.54. The molecule has 1 aromatic carbocycles. The van der Waals surface area contributed by atoms with Crippen molar-refractivity contribution in [2.75, 3.05) is 53.6 Å². The van der Waals surface area contributed by atoms with Crippen LogP contribution in [0, 0.1) is 11.8 Å². The first-order valence-electron chi connectivity index (χ1n) is 12.9. The van der Waals surface area contributed by atoms with E-state index in [0.717, 1.165) is 37.5 Å². The summed E-state index contributed by atoms with van der Waals surface area (Å²) in [4.78, 5) is 17.2. The fourth-order valence-electron chi connectivity index (χ4n) is 5.58. The lowest BCUT2D eigenvalue weighted by molar-refractivity contribution is -0.147. The number of likely N-dealkylation sites (tertiary alicyclic amines) is 1. The summed E-state index contributed by atoms with van der Waals surface area (Å²) in [6, 6.07) is 9.27. The minimum Gasteiger partial charge on any atom is -0.381 e. The second kappa shape index (κ2) is 12.3. The Morgan fingerprint density at radius 3 is 2.39 bits per heavy atom. The fraction of sp³-hybridized carbons (Fsp3) is 0.741. The van der Waals surface area contributed by atoms with E-state index < -0.39 is 0 Å². The molecule has 2 saturated carbocycles. The van der Waals surface area contributed by atoms with Crippen LogP contribution in [0.5, 0.6) is 0 Å². The van der Waals surface area contributed by atoms with E-state index in [-0.39, 0.29) is 12.2 Å². The molecule has 0 spiro atoms. The van der Waals surface area contributed by atoms with Crippen molar-refractivity contribution in [2.24, 2.45) is 11.8 Å². The van der Waals surface area contributed by atoms with Gasteiger partial charge in [0.2, 0.25) is 5.91 Å². The van der Waals surface area contributed by atoms with Crippen molar-refractivity contribution in [2.45, 2.75) is 63.7 Å². The molecule has 3 aliphatic rings. The number of rotatable bonds is 14. The van der Waals surface area contributed by atoms with E-state index >= 15 is 0 Å². The predicted molar refractivity (Wildman–Crippen MR) is 129 cm³/mol. The average molecular weight is 459 g/mol. The molecule has 184 valence electrons. The number of carbonyl (C=O) groups is 1. The molecule has 1 unspecified atom stereocenters. The van der Waals surface area contributed by atoms with Gasteiger partial charge >= 0.3 is 0 Å². The Kier molecular flexibility index (Phi) is 9.18. The van der Waals surface area contributed by atoms with Crippen LogP contribution in [-0.4, -0.2) is 81.7 Å². The van der Waals surface area contributed by atoms with E-state index in [9.17, 15) is 4.79 Å². The SMILES string of the molecule is COC(CN(C(=O)CCOCCc1cccc(CCN2CC3CCC[C@@H]3C2)c1)C1CC1)OC. The van der Waals surface area contributed by atoms with Gasteiger partial charge in [-0.1, -0.05) is 30.7 Å². The molecule has 1 saturated heterocycles. The molecule has 1 amide bonds. The summed E-state index contributed by atoms with van der Waals surface area (Å²) in [5, 5.41) is 0. The van der Waals surface area contributed by atoms with Crippen molar-refractivity contribution in [1.82, 2.24) is 9.80 Å². The number of hydrogen-bond acceptors (Lipinski definition) is 5. The van der Waals surface area contributed by atoms with Crippen LogP contribution in [0.1, 0.15) is 49.7 Å². The molecule has 3 fully saturated rings. The molecule has 1 heterocycles. The number of hydrogen-bond donors (Lipinski definition) is 0. The predicted octanol–water partition coefficient (Wildman–Crippen LogP) is 3.52. The molecule has 2 atom stereocenters. The number of benzene rings is 1. The van der Waals surface area contributed by atoms with Gasteiger partial charge in [-0.15, -0.1) is 0 Å². The van der Waals surface area contributed by atoms with E-state index in [2.05, 4.69) is 29.2 Å². The van der Waals surface area contributed by atoms with Gasteiger partial charge in [-0.25, -0.2) is 0 Å². The number of methoxy groups -OCH3 is 2. The molecule has 0 bridgehead atoms. The summed E-state index contributed by atoms with van der Waals surface area (Å²) >= 11 is 0. The lowest BCUT2D eigenvalue weighted by atomic mass is 10.0. The lowest BCUT2D eigenvalue weighted by Crippen LogP contribution is -2.40. The van der Waals surface area contributed by atoms with Gasteiger partial charge in [-0.2, -0.15) is 0 Å². The van der Waals surface area contributed by atoms with Crippen LogP contribution in [-0.2, 0) is 31.8 Å². The van der Waals surface area contributed by atoms with Crippen LogP contribution in [0.4, 0.5) is 0 Å². The van der Waals surface area contributed by atoms with Gasteiger partial charge in [0.15, 0.2) is 6.29 Å². The summed E-state index contributed by atoms with van der Waals surface area (Å²) < 4.78 is 16.4. The fourth-order valence-corrected chi connectivity index (χ4v) is 5.58. The second-order valence-electron chi connectivity index (χ2n) is 10.1. The minimum atomic E-state index is -0.368. The van der Waals surface area contributed by atoms with Gasteiger partial charge < -0.3 is 24.0 Å². The van der Waals surface area contributed by atoms with Gasteiger partial charge in [0, 0.05) is 39.9 Å². The Hall–Kier alpha value is -1.47. The summed E-state index contributed by atoms with van der Waals surface area (Å²) in [5.74, 6) is 2.07. The molecular weight excluding hydrogens is 416 g/mol. The molecule has 4 rings (SSSR count). The van der Waals surface area contributed by atoms with Crippen LogP contribution in [0.2, 0.25) is 0 Å². The Labute approximate surface area is 199 Å². The third-order valence-electron chi connectivity index (χ3n) is 7.68. The Morgan fingerprint density at radius 1 is 1.03 bits per heavy atom. The summed E-state index contributed by atoms with van der Waals surface area (Å²) in [6.45, 7) is 5.40. The van der Waals surface area contributed by atoms with Crippen molar-refractivity contribution < 1.29 is 19.0 Å². The highest BCUT2D eigenvalue weighted by Crippen LogP contribution is 2.37. The molecule has 0 aromatic heterocycles. The lowest BCUT2D eigenvalue weighted by Gasteiger charge is -2.26. The van der Waals surface area contributed by atoms with Gasteiger partial charge in [-0.3, -0.25) is 4.79 Å². The highest BCUT2D eigenvalue weighted by atomic mass is 16.7. The molecular formula is C27H42N2O4. The zero-order valence-corrected chi connectivity index (χ0v) is 20.5. The number of amides is 1. The first-order chi connectivity index (χ1) is 16.2. The summed E-state index contributed by atoms with van der Waals surface area (Å²) in [5.41, 5.74) is 2.74. The molecule has 6 nitrogen and oxygen atoms in total. The third kappa shape index (κ3) is 7.25. The molecule has 33 heavy (non-hydrogen) atoms. The van der Waals surface area contributed by atoms with Gasteiger partial charge in [0.1, 0.15) is 0 Å². The maximum atomic E-state index is 12.6. The zero-order chi connectivity index (χ0) is 23.0. The van der Waals surface area contributed by atoms with Crippen LogP contribution in [0.15, 0.2) is 24.3 Å². The zero-order valence-electron chi connectivity index (χ0n) is 20.5. The monoisotopic (exact) mass is 458 g/mol. The highest BCUT2D eigenvalue weighted by Gasteiger charge is 2.35. The van der Waals surface area contributed by atoms with E-state index in [0.29, 0.717) is 32.2 Å². The van der Waals surface area contributed by atoms with Crippen LogP contribution in [0.3, 0.4) is 0 Å². The molecule has 1 aromatic rings. The maximum Gasteiger partial charge on any atom is 0.225 e. The number of ether oxygens (including phenoxy) is 3. The molecule has 6 heteroatoms. The van der Waals surface area contributed by atoms with Gasteiger partial charge in [-0.05, 0) is 61.5 Å². The highest BCUT2D eigenvalue weighted by molar-refractivity contribution is 5.77. The quantitative estimate of drug-likeness (QED) is 0.315. The number of carbonyl (C=O) groups excluding carboxylic acids is 1.